The zero-order chi connectivity index (χ0) is 14.6. The smallest absolute Gasteiger partial charge is 0.138 e. The van der Waals surface area contributed by atoms with E-state index in [2.05, 4.69) is 5.32 Å². The van der Waals surface area contributed by atoms with Crippen molar-refractivity contribution in [2.75, 3.05) is 37.8 Å². The van der Waals surface area contributed by atoms with Crippen molar-refractivity contribution in [2.24, 2.45) is 0 Å². The normalized spacial score (nSPS) is 12.3. The molecule has 0 aromatic heterocycles. The third kappa shape index (κ3) is 7.97. The summed E-state index contributed by atoms with van der Waals surface area (Å²) in [5, 5.41) is 22.1. The number of thioether (sulfide) groups is 1. The molecule has 1 rings (SSSR count). The molecule has 114 valence electrons. The van der Waals surface area contributed by atoms with Crippen LogP contribution in [0.4, 0.5) is 0 Å². The predicted octanol–water partition coefficient (Wildman–Crippen LogP) is 1.78. The van der Waals surface area contributed by atoms with Crippen LogP contribution in [-0.4, -0.2) is 54.1 Å². The SMILES string of the molecule is OCCCSCCNCC(O)COc1ccccc1Cl. The molecule has 0 aliphatic carbocycles. The van der Waals surface area contributed by atoms with Gasteiger partial charge >= 0.3 is 0 Å². The first kappa shape index (κ1) is 17.6. The summed E-state index contributed by atoms with van der Waals surface area (Å²) in [6, 6.07) is 7.21. The van der Waals surface area contributed by atoms with E-state index in [1.807, 2.05) is 12.1 Å². The fourth-order valence-corrected chi connectivity index (χ4v) is 2.50. The molecule has 1 aromatic carbocycles. The highest BCUT2D eigenvalue weighted by Crippen LogP contribution is 2.22. The third-order valence-corrected chi connectivity index (χ3v) is 3.90. The van der Waals surface area contributed by atoms with E-state index >= 15 is 0 Å². The molecular weight excluding hydrogens is 298 g/mol. The zero-order valence-electron chi connectivity index (χ0n) is 11.4. The second kappa shape index (κ2) is 11.2. The van der Waals surface area contributed by atoms with Crippen molar-refractivity contribution in [2.45, 2.75) is 12.5 Å². The van der Waals surface area contributed by atoms with E-state index in [1.165, 1.54) is 0 Å². The van der Waals surface area contributed by atoms with E-state index in [0.717, 1.165) is 24.5 Å². The van der Waals surface area contributed by atoms with Crippen LogP contribution in [-0.2, 0) is 0 Å². The molecule has 0 spiro atoms. The Morgan fingerprint density at radius 2 is 2.10 bits per heavy atom. The van der Waals surface area contributed by atoms with Gasteiger partial charge in [0.05, 0.1) is 5.02 Å². The highest BCUT2D eigenvalue weighted by Gasteiger charge is 2.06. The second-order valence-corrected chi connectivity index (χ2v) is 5.92. The van der Waals surface area contributed by atoms with E-state index < -0.39 is 6.10 Å². The van der Waals surface area contributed by atoms with Crippen LogP contribution < -0.4 is 10.1 Å². The number of para-hydroxylation sites is 1. The number of hydrogen-bond acceptors (Lipinski definition) is 5. The molecule has 20 heavy (non-hydrogen) atoms. The zero-order valence-corrected chi connectivity index (χ0v) is 13.0. The number of benzene rings is 1. The molecule has 0 aliphatic rings. The molecule has 3 N–H and O–H groups in total. The Bertz CT molecular complexity index is 368. The van der Waals surface area contributed by atoms with Gasteiger partial charge in [0, 0.05) is 25.4 Å². The summed E-state index contributed by atoms with van der Waals surface area (Å²) in [4.78, 5) is 0. The summed E-state index contributed by atoms with van der Waals surface area (Å²) < 4.78 is 5.45. The number of halogens is 1. The van der Waals surface area contributed by atoms with Crippen LogP contribution in [0.1, 0.15) is 6.42 Å². The van der Waals surface area contributed by atoms with Gasteiger partial charge in [-0.2, -0.15) is 11.8 Å². The average molecular weight is 320 g/mol. The minimum atomic E-state index is -0.561. The lowest BCUT2D eigenvalue weighted by atomic mass is 10.3. The largest absolute Gasteiger partial charge is 0.489 e. The molecule has 0 radical (unpaired) electrons. The maximum Gasteiger partial charge on any atom is 0.138 e. The molecule has 4 nitrogen and oxygen atoms in total. The Hall–Kier alpha value is -0.460. The molecule has 1 aromatic rings. The molecule has 0 heterocycles. The Morgan fingerprint density at radius 3 is 2.85 bits per heavy atom. The van der Waals surface area contributed by atoms with Crippen LogP contribution >= 0.6 is 23.4 Å². The Balaban J connectivity index is 2.03. The Kier molecular flexibility index (Phi) is 9.87. The fraction of sp³-hybridized carbons (Fsp3) is 0.571. The first-order valence-corrected chi connectivity index (χ1v) is 8.22. The monoisotopic (exact) mass is 319 g/mol. The van der Waals surface area contributed by atoms with Crippen molar-refractivity contribution in [3.05, 3.63) is 29.3 Å². The lowest BCUT2D eigenvalue weighted by molar-refractivity contribution is 0.107. The molecule has 0 amide bonds. The van der Waals surface area contributed by atoms with Gasteiger partial charge in [0.25, 0.3) is 0 Å². The van der Waals surface area contributed by atoms with Crippen LogP contribution in [0.3, 0.4) is 0 Å². The summed E-state index contributed by atoms with van der Waals surface area (Å²) in [5.74, 6) is 2.53. The summed E-state index contributed by atoms with van der Waals surface area (Å²) in [7, 11) is 0. The number of rotatable bonds is 11. The Labute approximate surface area is 129 Å². The second-order valence-electron chi connectivity index (χ2n) is 4.29. The third-order valence-electron chi connectivity index (χ3n) is 2.52. The van der Waals surface area contributed by atoms with Crippen LogP contribution in [0.2, 0.25) is 5.02 Å². The van der Waals surface area contributed by atoms with Crippen molar-refractivity contribution in [3.63, 3.8) is 0 Å². The number of nitrogens with one attached hydrogen (secondary N) is 1. The van der Waals surface area contributed by atoms with Gasteiger partial charge in [0.2, 0.25) is 0 Å². The van der Waals surface area contributed by atoms with Gasteiger partial charge in [-0.15, -0.1) is 0 Å². The summed E-state index contributed by atoms with van der Waals surface area (Å²) in [5.41, 5.74) is 0. The highest BCUT2D eigenvalue weighted by atomic mass is 35.5. The first-order valence-electron chi connectivity index (χ1n) is 6.68. The summed E-state index contributed by atoms with van der Waals surface area (Å²) >= 11 is 7.74. The minimum Gasteiger partial charge on any atom is -0.489 e. The minimum absolute atomic E-state index is 0.217. The molecule has 0 saturated carbocycles. The van der Waals surface area contributed by atoms with Gasteiger partial charge in [-0.05, 0) is 24.3 Å². The van der Waals surface area contributed by atoms with Gasteiger partial charge in [-0.3, -0.25) is 0 Å². The summed E-state index contributed by atoms with van der Waals surface area (Å²) in [6.45, 7) is 1.79. The lowest BCUT2D eigenvalue weighted by Crippen LogP contribution is -2.32. The fourth-order valence-electron chi connectivity index (χ4n) is 1.49. The van der Waals surface area contributed by atoms with Crippen LogP contribution in [0, 0.1) is 0 Å². The number of hydrogen-bond donors (Lipinski definition) is 3. The molecule has 1 unspecified atom stereocenters. The van der Waals surface area contributed by atoms with E-state index in [-0.39, 0.29) is 13.2 Å². The van der Waals surface area contributed by atoms with Crippen molar-refractivity contribution in [3.8, 4) is 5.75 Å². The molecule has 0 fully saturated rings. The molecular formula is C14H22ClNO3S. The van der Waals surface area contributed by atoms with Crippen LogP contribution in [0.15, 0.2) is 24.3 Å². The van der Waals surface area contributed by atoms with Gasteiger partial charge in [0.1, 0.15) is 18.5 Å². The maximum atomic E-state index is 9.77. The Morgan fingerprint density at radius 1 is 1.30 bits per heavy atom. The van der Waals surface area contributed by atoms with Crippen molar-refractivity contribution in [1.82, 2.24) is 5.32 Å². The van der Waals surface area contributed by atoms with Crippen LogP contribution in [0.5, 0.6) is 5.75 Å². The van der Waals surface area contributed by atoms with Gasteiger partial charge in [0.15, 0.2) is 0 Å². The van der Waals surface area contributed by atoms with E-state index in [9.17, 15) is 5.11 Å². The van der Waals surface area contributed by atoms with Crippen molar-refractivity contribution < 1.29 is 14.9 Å². The number of ether oxygens (including phenoxy) is 1. The molecule has 0 aliphatic heterocycles. The summed E-state index contributed by atoms with van der Waals surface area (Å²) in [6.07, 6.45) is 0.271. The topological polar surface area (TPSA) is 61.7 Å². The number of aliphatic hydroxyl groups is 2. The number of aliphatic hydroxyl groups excluding tert-OH is 2. The van der Waals surface area contributed by atoms with Crippen molar-refractivity contribution in [1.29, 1.82) is 0 Å². The predicted molar refractivity (Wildman–Crippen MR) is 84.9 cm³/mol. The molecule has 0 saturated heterocycles. The highest BCUT2D eigenvalue weighted by molar-refractivity contribution is 7.99. The van der Waals surface area contributed by atoms with E-state index in [1.54, 1.807) is 23.9 Å². The standard InChI is InChI=1S/C14H22ClNO3S/c15-13-4-1-2-5-14(13)19-11-12(18)10-16-6-9-20-8-3-7-17/h1-2,4-5,12,16-18H,3,6-11H2. The van der Waals surface area contributed by atoms with Crippen LogP contribution in [0.25, 0.3) is 0 Å². The van der Waals surface area contributed by atoms with E-state index in [0.29, 0.717) is 17.3 Å². The van der Waals surface area contributed by atoms with Crippen molar-refractivity contribution >= 4 is 23.4 Å². The molecule has 0 bridgehead atoms. The van der Waals surface area contributed by atoms with Gasteiger partial charge in [-0.25, -0.2) is 0 Å². The first-order chi connectivity index (χ1) is 9.74. The van der Waals surface area contributed by atoms with Gasteiger partial charge < -0.3 is 20.3 Å². The maximum absolute atomic E-state index is 9.77. The lowest BCUT2D eigenvalue weighted by Gasteiger charge is -2.13. The molecule has 6 heteroatoms. The van der Waals surface area contributed by atoms with Gasteiger partial charge in [-0.1, -0.05) is 23.7 Å². The average Bonchev–Trinajstić information content (AvgIpc) is 2.45. The van der Waals surface area contributed by atoms with E-state index in [4.69, 9.17) is 21.4 Å². The quantitative estimate of drug-likeness (QED) is 0.543. The molecule has 1 atom stereocenters.